The topological polar surface area (TPSA) is 125 Å². The molecule has 18 heavy (non-hydrogen) atoms. The lowest BCUT2D eigenvalue weighted by molar-refractivity contribution is -0.385. The van der Waals surface area contributed by atoms with Gasteiger partial charge in [-0.15, -0.1) is 0 Å². The van der Waals surface area contributed by atoms with Gasteiger partial charge in [0.05, 0.1) is 18.1 Å². The summed E-state index contributed by atoms with van der Waals surface area (Å²) in [7, 11) is 0. The van der Waals surface area contributed by atoms with Crippen LogP contribution in [0.25, 0.3) is 0 Å². The Morgan fingerprint density at radius 2 is 2.50 bits per heavy atom. The normalized spacial score (nSPS) is 18.6. The Hall–Kier alpha value is -2.00. The minimum atomic E-state index is -0.629. The number of nitrogens with zero attached hydrogens (tertiary/aromatic N) is 3. The molecule has 1 saturated heterocycles. The van der Waals surface area contributed by atoms with Gasteiger partial charge in [-0.25, -0.2) is 10.8 Å². The number of nitrogen functional groups attached to an aromatic ring is 1. The minimum Gasteiger partial charge on any atom is -0.472 e. The van der Waals surface area contributed by atoms with E-state index in [0.717, 1.165) is 12.7 Å². The highest BCUT2D eigenvalue weighted by Crippen LogP contribution is 2.30. The molecule has 2 heterocycles. The number of hydrazine groups is 1. The van der Waals surface area contributed by atoms with Crippen LogP contribution in [-0.2, 0) is 4.74 Å². The molecule has 1 aromatic heterocycles. The molecule has 1 aliphatic rings. The maximum absolute atomic E-state index is 10.9. The molecule has 0 bridgehead atoms. The van der Waals surface area contributed by atoms with Crippen LogP contribution in [0.1, 0.15) is 6.42 Å². The number of nitrogens with two attached hydrogens (primary N) is 1. The minimum absolute atomic E-state index is 0.0762. The molecule has 9 heteroatoms. The van der Waals surface area contributed by atoms with Crippen molar-refractivity contribution >= 4 is 11.5 Å². The van der Waals surface area contributed by atoms with E-state index in [-0.39, 0.29) is 23.3 Å². The zero-order valence-electron chi connectivity index (χ0n) is 9.54. The predicted octanol–water partition coefficient (Wildman–Crippen LogP) is 0.0857. The first-order chi connectivity index (χ1) is 8.72. The average Bonchev–Trinajstić information content (AvgIpc) is 2.88. The number of nitrogens with one attached hydrogen (secondary N) is 1. The van der Waals surface area contributed by atoms with Crippen molar-refractivity contribution in [3.05, 3.63) is 16.4 Å². The molecule has 0 aromatic carbocycles. The van der Waals surface area contributed by atoms with Gasteiger partial charge < -0.3 is 14.9 Å². The van der Waals surface area contributed by atoms with E-state index in [1.54, 1.807) is 0 Å². The summed E-state index contributed by atoms with van der Waals surface area (Å²) >= 11 is 0. The molecule has 2 rings (SSSR count). The number of hydrogen-bond donors (Lipinski definition) is 2. The zero-order chi connectivity index (χ0) is 13.0. The molecule has 0 aliphatic carbocycles. The van der Waals surface area contributed by atoms with Crippen molar-refractivity contribution in [2.75, 3.05) is 25.2 Å². The molecule has 98 valence electrons. The summed E-state index contributed by atoms with van der Waals surface area (Å²) in [6.07, 6.45) is 2.03. The maximum atomic E-state index is 10.9. The smallest absolute Gasteiger partial charge is 0.374 e. The third kappa shape index (κ3) is 2.63. The van der Waals surface area contributed by atoms with Crippen molar-refractivity contribution in [2.45, 2.75) is 6.42 Å². The van der Waals surface area contributed by atoms with Crippen LogP contribution in [-0.4, -0.2) is 34.7 Å². The predicted molar refractivity (Wildman–Crippen MR) is 60.9 cm³/mol. The summed E-state index contributed by atoms with van der Waals surface area (Å²) in [5.41, 5.74) is 1.79. The Labute approximate surface area is 102 Å². The fraction of sp³-hybridized carbons (Fsp3) is 0.556. The van der Waals surface area contributed by atoms with Crippen molar-refractivity contribution in [1.29, 1.82) is 0 Å². The fourth-order valence-electron chi connectivity index (χ4n) is 1.65. The van der Waals surface area contributed by atoms with E-state index in [2.05, 4.69) is 15.4 Å². The molecule has 3 N–H and O–H groups in total. The molecular formula is C9H13N5O4. The Morgan fingerprint density at radius 1 is 1.67 bits per heavy atom. The molecule has 9 nitrogen and oxygen atoms in total. The molecule has 1 atom stereocenters. The standard InChI is InChI=1S/C9H13N5O4/c10-13-8-7(14(15)16)9(12-5-11-8)18-4-6-1-2-17-3-6/h5-6H,1-4,10H2,(H,11,12,13). The largest absolute Gasteiger partial charge is 0.472 e. The summed E-state index contributed by atoms with van der Waals surface area (Å²) in [5, 5.41) is 10.9. The lowest BCUT2D eigenvalue weighted by Gasteiger charge is -2.10. The summed E-state index contributed by atoms with van der Waals surface area (Å²) in [5.74, 6) is 5.22. The van der Waals surface area contributed by atoms with Crippen molar-refractivity contribution in [2.24, 2.45) is 11.8 Å². The molecule has 0 saturated carbocycles. The number of ether oxygens (including phenoxy) is 2. The molecule has 1 fully saturated rings. The first kappa shape index (κ1) is 12.5. The molecule has 0 amide bonds. The van der Waals surface area contributed by atoms with Gasteiger partial charge in [0, 0.05) is 12.5 Å². The summed E-state index contributed by atoms with van der Waals surface area (Å²) < 4.78 is 10.5. The monoisotopic (exact) mass is 255 g/mol. The van der Waals surface area contributed by atoms with E-state index in [1.807, 2.05) is 0 Å². The Balaban J connectivity index is 2.13. The fourth-order valence-corrected chi connectivity index (χ4v) is 1.65. The van der Waals surface area contributed by atoms with Gasteiger partial charge in [-0.05, 0) is 6.42 Å². The van der Waals surface area contributed by atoms with Gasteiger partial charge in [0.2, 0.25) is 5.82 Å². The first-order valence-corrected chi connectivity index (χ1v) is 5.39. The van der Waals surface area contributed by atoms with Gasteiger partial charge in [0.1, 0.15) is 6.33 Å². The molecular weight excluding hydrogens is 242 g/mol. The highest BCUT2D eigenvalue weighted by atomic mass is 16.6. The van der Waals surface area contributed by atoms with Crippen molar-refractivity contribution < 1.29 is 14.4 Å². The lowest BCUT2D eigenvalue weighted by Crippen LogP contribution is -2.15. The van der Waals surface area contributed by atoms with E-state index in [1.165, 1.54) is 0 Å². The quantitative estimate of drug-likeness (QED) is 0.430. The Kier molecular flexibility index (Phi) is 3.85. The van der Waals surface area contributed by atoms with E-state index in [4.69, 9.17) is 15.3 Å². The van der Waals surface area contributed by atoms with Gasteiger partial charge in [-0.2, -0.15) is 4.98 Å². The number of hydrogen-bond acceptors (Lipinski definition) is 8. The maximum Gasteiger partial charge on any atom is 0.374 e. The molecule has 0 spiro atoms. The SMILES string of the molecule is NNc1ncnc(OCC2CCOC2)c1[N+](=O)[O-]. The van der Waals surface area contributed by atoms with Gasteiger partial charge in [0.15, 0.2) is 0 Å². The first-order valence-electron chi connectivity index (χ1n) is 5.39. The van der Waals surface area contributed by atoms with E-state index < -0.39 is 4.92 Å². The van der Waals surface area contributed by atoms with Crippen LogP contribution in [0.2, 0.25) is 0 Å². The van der Waals surface area contributed by atoms with Crippen LogP contribution in [0.15, 0.2) is 6.33 Å². The zero-order valence-corrected chi connectivity index (χ0v) is 9.54. The third-order valence-corrected chi connectivity index (χ3v) is 2.59. The van der Waals surface area contributed by atoms with Gasteiger partial charge >= 0.3 is 5.69 Å². The molecule has 0 radical (unpaired) electrons. The second kappa shape index (κ2) is 5.56. The van der Waals surface area contributed by atoms with E-state index >= 15 is 0 Å². The van der Waals surface area contributed by atoms with E-state index in [0.29, 0.717) is 19.8 Å². The van der Waals surface area contributed by atoms with E-state index in [9.17, 15) is 10.1 Å². The van der Waals surface area contributed by atoms with Crippen LogP contribution in [0.4, 0.5) is 11.5 Å². The van der Waals surface area contributed by atoms with Crippen LogP contribution < -0.4 is 16.0 Å². The van der Waals surface area contributed by atoms with Gasteiger partial charge in [-0.3, -0.25) is 10.1 Å². The van der Waals surface area contributed by atoms with Gasteiger partial charge in [0.25, 0.3) is 5.88 Å². The lowest BCUT2D eigenvalue weighted by atomic mass is 10.1. The van der Waals surface area contributed by atoms with Crippen LogP contribution >= 0.6 is 0 Å². The average molecular weight is 255 g/mol. The van der Waals surface area contributed by atoms with Crippen LogP contribution in [0, 0.1) is 16.0 Å². The summed E-state index contributed by atoms with van der Waals surface area (Å²) in [6, 6.07) is 0. The third-order valence-electron chi connectivity index (χ3n) is 2.59. The highest BCUT2D eigenvalue weighted by Gasteiger charge is 2.25. The van der Waals surface area contributed by atoms with Crippen LogP contribution in [0.3, 0.4) is 0 Å². The van der Waals surface area contributed by atoms with Crippen molar-refractivity contribution in [1.82, 2.24) is 9.97 Å². The Morgan fingerprint density at radius 3 is 3.11 bits per heavy atom. The highest BCUT2D eigenvalue weighted by molar-refractivity contribution is 5.60. The number of nitro groups is 1. The molecule has 1 aliphatic heterocycles. The summed E-state index contributed by atoms with van der Waals surface area (Å²) in [6.45, 7) is 1.61. The van der Waals surface area contributed by atoms with Crippen molar-refractivity contribution in [3.63, 3.8) is 0 Å². The number of rotatable bonds is 5. The molecule has 1 aromatic rings. The van der Waals surface area contributed by atoms with Crippen LogP contribution in [0.5, 0.6) is 5.88 Å². The number of anilines is 1. The van der Waals surface area contributed by atoms with Crippen molar-refractivity contribution in [3.8, 4) is 5.88 Å². The second-order valence-corrected chi connectivity index (χ2v) is 3.82. The number of aromatic nitrogens is 2. The molecule has 1 unspecified atom stereocenters. The Bertz CT molecular complexity index is 435. The summed E-state index contributed by atoms with van der Waals surface area (Å²) in [4.78, 5) is 17.7. The van der Waals surface area contributed by atoms with Gasteiger partial charge in [-0.1, -0.05) is 0 Å². The second-order valence-electron chi connectivity index (χ2n) is 3.82.